The van der Waals surface area contributed by atoms with E-state index >= 15 is 0 Å². The topological polar surface area (TPSA) is 43.8 Å². The van der Waals surface area contributed by atoms with Gasteiger partial charge in [-0.05, 0) is 53.3 Å². The van der Waals surface area contributed by atoms with E-state index in [1.54, 1.807) is 0 Å². The van der Waals surface area contributed by atoms with Gasteiger partial charge in [-0.1, -0.05) is 15.9 Å². The summed E-state index contributed by atoms with van der Waals surface area (Å²) in [7, 11) is 0. The van der Waals surface area contributed by atoms with Crippen molar-refractivity contribution in [1.82, 2.24) is 9.78 Å². The Balaban J connectivity index is 2.35. The van der Waals surface area contributed by atoms with Gasteiger partial charge in [0.15, 0.2) is 0 Å². The van der Waals surface area contributed by atoms with Gasteiger partial charge in [-0.15, -0.1) is 0 Å². The molecule has 0 spiro atoms. The number of benzene rings is 1. The third-order valence-corrected chi connectivity index (χ3v) is 4.02. The standard InChI is InChI=1S/C12H13BrIN3/c1-2-17-7-8(6-16-17)12(15)10-5-9(14)3-4-11(10)13/h3-7,12H,2,15H2,1H3. The normalized spacial score (nSPS) is 12.7. The van der Waals surface area contributed by atoms with Gasteiger partial charge in [0.05, 0.1) is 12.2 Å². The molecule has 0 saturated heterocycles. The fourth-order valence-electron chi connectivity index (χ4n) is 1.65. The minimum Gasteiger partial charge on any atom is -0.320 e. The molecular weight excluding hydrogens is 393 g/mol. The number of aromatic nitrogens is 2. The van der Waals surface area contributed by atoms with Crippen LogP contribution in [0.3, 0.4) is 0 Å². The second-order valence-electron chi connectivity index (χ2n) is 3.77. The maximum Gasteiger partial charge on any atom is 0.0594 e. The van der Waals surface area contributed by atoms with Crippen LogP contribution in [0.5, 0.6) is 0 Å². The third kappa shape index (κ3) is 2.89. The highest BCUT2D eigenvalue weighted by Gasteiger charge is 2.14. The van der Waals surface area contributed by atoms with Crippen molar-refractivity contribution in [2.45, 2.75) is 19.5 Å². The highest BCUT2D eigenvalue weighted by atomic mass is 127. The SMILES string of the molecule is CCn1cc(C(N)c2cc(I)ccc2Br)cn1. The van der Waals surface area contributed by atoms with Crippen LogP contribution < -0.4 is 5.73 Å². The molecule has 0 amide bonds. The molecule has 1 unspecified atom stereocenters. The summed E-state index contributed by atoms with van der Waals surface area (Å²) in [4.78, 5) is 0. The van der Waals surface area contributed by atoms with Crippen molar-refractivity contribution in [2.24, 2.45) is 5.73 Å². The Bertz CT molecular complexity index is 524. The molecule has 0 radical (unpaired) electrons. The number of halogens is 2. The van der Waals surface area contributed by atoms with E-state index in [0.717, 1.165) is 22.1 Å². The lowest BCUT2D eigenvalue weighted by molar-refractivity contribution is 0.658. The molecule has 17 heavy (non-hydrogen) atoms. The van der Waals surface area contributed by atoms with Crippen LogP contribution in [0.15, 0.2) is 35.1 Å². The Morgan fingerprint density at radius 2 is 2.29 bits per heavy atom. The fourth-order valence-corrected chi connectivity index (χ4v) is 2.65. The largest absolute Gasteiger partial charge is 0.320 e. The summed E-state index contributed by atoms with van der Waals surface area (Å²) in [5.74, 6) is 0. The van der Waals surface area contributed by atoms with Crippen LogP contribution in [0.2, 0.25) is 0 Å². The average molecular weight is 406 g/mol. The third-order valence-electron chi connectivity index (χ3n) is 2.63. The molecular formula is C12H13BrIN3. The number of aryl methyl sites for hydroxylation is 1. The van der Waals surface area contributed by atoms with E-state index in [2.05, 4.69) is 62.7 Å². The Morgan fingerprint density at radius 1 is 1.53 bits per heavy atom. The van der Waals surface area contributed by atoms with Crippen molar-refractivity contribution in [3.05, 3.63) is 49.8 Å². The molecule has 0 aliphatic heterocycles. The Hall–Kier alpha value is -0.400. The minimum atomic E-state index is -0.139. The van der Waals surface area contributed by atoms with E-state index in [4.69, 9.17) is 5.73 Å². The summed E-state index contributed by atoms with van der Waals surface area (Å²) < 4.78 is 4.10. The molecule has 0 saturated carbocycles. The molecule has 1 aromatic heterocycles. The molecule has 0 fully saturated rings. The summed E-state index contributed by atoms with van der Waals surface area (Å²) in [6.07, 6.45) is 3.83. The molecule has 0 aliphatic rings. The van der Waals surface area contributed by atoms with Gasteiger partial charge in [0.1, 0.15) is 0 Å². The molecule has 1 aromatic carbocycles. The molecule has 0 bridgehead atoms. The van der Waals surface area contributed by atoms with Crippen molar-refractivity contribution in [1.29, 1.82) is 0 Å². The number of nitrogens with zero attached hydrogens (tertiary/aromatic N) is 2. The molecule has 1 atom stereocenters. The zero-order chi connectivity index (χ0) is 12.4. The number of hydrogen-bond acceptors (Lipinski definition) is 2. The van der Waals surface area contributed by atoms with Gasteiger partial charge < -0.3 is 5.73 Å². The summed E-state index contributed by atoms with van der Waals surface area (Å²) in [5.41, 5.74) is 8.39. The predicted molar refractivity (Wildman–Crippen MR) is 80.8 cm³/mol. The first-order valence-electron chi connectivity index (χ1n) is 5.34. The summed E-state index contributed by atoms with van der Waals surface area (Å²) in [6.45, 7) is 2.92. The van der Waals surface area contributed by atoms with Gasteiger partial charge in [0.2, 0.25) is 0 Å². The Kier molecular flexibility index (Phi) is 4.22. The van der Waals surface area contributed by atoms with E-state index in [1.165, 1.54) is 3.57 Å². The molecule has 1 heterocycles. The van der Waals surface area contributed by atoms with Gasteiger partial charge in [0, 0.05) is 26.3 Å². The van der Waals surface area contributed by atoms with Crippen molar-refractivity contribution in [2.75, 3.05) is 0 Å². The Labute approximate surface area is 123 Å². The van der Waals surface area contributed by atoms with Crippen LogP contribution in [0.25, 0.3) is 0 Å². The molecule has 2 aromatic rings. The van der Waals surface area contributed by atoms with Crippen LogP contribution >= 0.6 is 38.5 Å². The van der Waals surface area contributed by atoms with Gasteiger partial charge in [-0.3, -0.25) is 4.68 Å². The number of rotatable bonds is 3. The maximum absolute atomic E-state index is 6.27. The first kappa shape index (κ1) is 13.0. The maximum atomic E-state index is 6.27. The zero-order valence-electron chi connectivity index (χ0n) is 9.40. The van der Waals surface area contributed by atoms with Gasteiger partial charge >= 0.3 is 0 Å². The first-order valence-corrected chi connectivity index (χ1v) is 7.22. The molecule has 2 rings (SSSR count). The molecule has 0 aliphatic carbocycles. The molecule has 90 valence electrons. The lowest BCUT2D eigenvalue weighted by Crippen LogP contribution is -2.12. The van der Waals surface area contributed by atoms with E-state index in [-0.39, 0.29) is 6.04 Å². The van der Waals surface area contributed by atoms with E-state index in [1.807, 2.05) is 23.1 Å². The second-order valence-corrected chi connectivity index (χ2v) is 5.87. The number of nitrogens with two attached hydrogens (primary N) is 1. The average Bonchev–Trinajstić information content (AvgIpc) is 2.80. The fraction of sp³-hybridized carbons (Fsp3) is 0.250. The van der Waals surface area contributed by atoms with Crippen LogP contribution in [-0.4, -0.2) is 9.78 Å². The van der Waals surface area contributed by atoms with Gasteiger partial charge in [-0.2, -0.15) is 5.10 Å². The monoisotopic (exact) mass is 405 g/mol. The van der Waals surface area contributed by atoms with Crippen molar-refractivity contribution >= 4 is 38.5 Å². The molecule has 3 nitrogen and oxygen atoms in total. The number of hydrogen-bond donors (Lipinski definition) is 1. The summed E-state index contributed by atoms with van der Waals surface area (Å²) in [5, 5.41) is 4.25. The smallest absolute Gasteiger partial charge is 0.0594 e. The van der Waals surface area contributed by atoms with Crippen LogP contribution in [0, 0.1) is 3.57 Å². The van der Waals surface area contributed by atoms with Crippen LogP contribution in [0.4, 0.5) is 0 Å². The quantitative estimate of drug-likeness (QED) is 0.796. The minimum absolute atomic E-state index is 0.139. The van der Waals surface area contributed by atoms with Crippen molar-refractivity contribution < 1.29 is 0 Å². The van der Waals surface area contributed by atoms with E-state index in [0.29, 0.717) is 0 Å². The lowest BCUT2D eigenvalue weighted by atomic mass is 10.0. The van der Waals surface area contributed by atoms with Crippen LogP contribution in [0.1, 0.15) is 24.1 Å². The Morgan fingerprint density at radius 3 is 2.94 bits per heavy atom. The highest BCUT2D eigenvalue weighted by molar-refractivity contribution is 14.1. The van der Waals surface area contributed by atoms with Crippen LogP contribution in [-0.2, 0) is 6.54 Å². The highest BCUT2D eigenvalue weighted by Crippen LogP contribution is 2.28. The van der Waals surface area contributed by atoms with E-state index in [9.17, 15) is 0 Å². The summed E-state index contributed by atoms with van der Waals surface area (Å²) >= 11 is 5.83. The van der Waals surface area contributed by atoms with Crippen molar-refractivity contribution in [3.63, 3.8) is 0 Å². The van der Waals surface area contributed by atoms with Crippen molar-refractivity contribution in [3.8, 4) is 0 Å². The predicted octanol–water partition coefficient (Wildman–Crippen LogP) is 3.32. The van der Waals surface area contributed by atoms with E-state index < -0.39 is 0 Å². The van der Waals surface area contributed by atoms with Gasteiger partial charge in [-0.25, -0.2) is 0 Å². The zero-order valence-corrected chi connectivity index (χ0v) is 13.1. The molecule has 5 heteroatoms. The molecule has 2 N–H and O–H groups in total. The summed E-state index contributed by atoms with van der Waals surface area (Å²) in [6, 6.07) is 6.04. The first-order chi connectivity index (χ1) is 8.11. The second kappa shape index (κ2) is 5.49. The van der Waals surface area contributed by atoms with Gasteiger partial charge in [0.25, 0.3) is 0 Å². The lowest BCUT2D eigenvalue weighted by Gasteiger charge is -2.12.